The normalized spacial score (nSPS) is 15.5. The van der Waals surface area contributed by atoms with Crippen molar-refractivity contribution in [2.24, 2.45) is 5.92 Å². The first-order valence-corrected chi connectivity index (χ1v) is 11.2. The Bertz CT molecular complexity index is 1360. The van der Waals surface area contributed by atoms with Gasteiger partial charge >= 0.3 is 5.97 Å². The number of benzene rings is 4. The Kier molecular flexibility index (Phi) is 5.91. The number of hydrogen-bond acceptors (Lipinski definition) is 4. The minimum atomic E-state index is -0.591. The molecule has 0 radical (unpaired) electrons. The van der Waals surface area contributed by atoms with Crippen LogP contribution in [0.15, 0.2) is 97.1 Å². The fourth-order valence-electron chi connectivity index (χ4n) is 4.28. The Balaban J connectivity index is 1.19. The fourth-order valence-corrected chi connectivity index (χ4v) is 4.28. The van der Waals surface area contributed by atoms with Gasteiger partial charge in [0.15, 0.2) is 12.4 Å². The summed E-state index contributed by atoms with van der Waals surface area (Å²) in [5.74, 6) is -1.51. The molecule has 4 aromatic rings. The van der Waals surface area contributed by atoms with E-state index in [0.29, 0.717) is 5.56 Å². The first kappa shape index (κ1) is 21.6. The first-order valence-electron chi connectivity index (χ1n) is 11.2. The molecule has 1 heterocycles. The molecule has 168 valence electrons. The number of anilines is 1. The minimum absolute atomic E-state index is 0.0750. The van der Waals surface area contributed by atoms with Gasteiger partial charge in [0.25, 0.3) is 0 Å². The van der Waals surface area contributed by atoms with Gasteiger partial charge in [0, 0.05) is 24.2 Å². The highest BCUT2D eigenvalue weighted by Gasteiger charge is 2.36. The summed E-state index contributed by atoms with van der Waals surface area (Å²) in [5.41, 5.74) is 3.31. The molecule has 1 amide bonds. The molecule has 0 bridgehead atoms. The largest absolute Gasteiger partial charge is 0.457 e. The highest BCUT2D eigenvalue weighted by atomic mass is 16.5. The van der Waals surface area contributed by atoms with E-state index in [1.165, 1.54) is 0 Å². The predicted octanol–water partition coefficient (Wildman–Crippen LogP) is 5.29. The van der Waals surface area contributed by atoms with Crippen LogP contribution in [0, 0.1) is 5.92 Å². The van der Waals surface area contributed by atoms with Crippen LogP contribution in [0.2, 0.25) is 0 Å². The van der Waals surface area contributed by atoms with E-state index in [1.54, 1.807) is 17.0 Å². The number of fused-ring (bicyclic) bond motifs is 1. The summed E-state index contributed by atoms with van der Waals surface area (Å²) in [6, 6.07) is 30.8. The van der Waals surface area contributed by atoms with E-state index in [4.69, 9.17) is 4.74 Å². The number of ketones is 1. The summed E-state index contributed by atoms with van der Waals surface area (Å²) < 4.78 is 5.29. The molecule has 0 N–H and O–H groups in total. The summed E-state index contributed by atoms with van der Waals surface area (Å²) in [4.78, 5) is 39.3. The molecule has 0 aliphatic carbocycles. The third-order valence-electron chi connectivity index (χ3n) is 6.16. The van der Waals surface area contributed by atoms with Crippen LogP contribution in [0.5, 0.6) is 0 Å². The third kappa shape index (κ3) is 4.46. The Morgan fingerprint density at radius 2 is 1.47 bits per heavy atom. The van der Waals surface area contributed by atoms with Crippen LogP contribution < -0.4 is 4.90 Å². The molecular formula is C29H23NO4. The Morgan fingerprint density at radius 3 is 2.24 bits per heavy atom. The molecule has 0 spiro atoms. The van der Waals surface area contributed by atoms with Crippen LogP contribution in [0.4, 0.5) is 5.69 Å². The highest BCUT2D eigenvalue weighted by Crippen LogP contribution is 2.29. The first-order chi connectivity index (χ1) is 16.6. The van der Waals surface area contributed by atoms with E-state index in [0.717, 1.165) is 27.6 Å². The molecule has 0 aromatic heterocycles. The maximum Gasteiger partial charge on any atom is 0.311 e. The average Bonchev–Trinajstić information content (AvgIpc) is 3.29. The third-order valence-corrected chi connectivity index (χ3v) is 6.16. The number of nitrogens with zero attached hydrogens (tertiary/aromatic N) is 1. The van der Waals surface area contributed by atoms with Crippen molar-refractivity contribution in [3.05, 3.63) is 103 Å². The molecule has 5 rings (SSSR count). The molecule has 5 heteroatoms. The number of ether oxygens (including phenoxy) is 1. The van der Waals surface area contributed by atoms with Crippen molar-refractivity contribution in [1.29, 1.82) is 0 Å². The lowest BCUT2D eigenvalue weighted by atomic mass is 10.0. The SMILES string of the molecule is O=C(COC(=O)[C@H]1CC(=O)N(c2ccc3ccccc3c2)C1)c1ccc(-c2ccccc2)cc1. The summed E-state index contributed by atoms with van der Waals surface area (Å²) in [6.07, 6.45) is 0.0750. The van der Waals surface area contributed by atoms with Crippen LogP contribution in [0.3, 0.4) is 0 Å². The Morgan fingerprint density at radius 1 is 0.794 bits per heavy atom. The van der Waals surface area contributed by atoms with Crippen molar-refractivity contribution in [3.63, 3.8) is 0 Å². The van der Waals surface area contributed by atoms with Gasteiger partial charge in [-0.05, 0) is 34.0 Å². The average molecular weight is 450 g/mol. The second kappa shape index (κ2) is 9.32. The molecule has 1 saturated heterocycles. The van der Waals surface area contributed by atoms with Crippen LogP contribution in [0.1, 0.15) is 16.8 Å². The number of rotatable bonds is 6. The molecular weight excluding hydrogens is 426 g/mol. The monoisotopic (exact) mass is 449 g/mol. The maximum absolute atomic E-state index is 12.6. The second-order valence-electron chi connectivity index (χ2n) is 8.41. The Labute approximate surface area is 197 Å². The summed E-state index contributed by atoms with van der Waals surface area (Å²) in [7, 11) is 0. The van der Waals surface area contributed by atoms with E-state index < -0.39 is 11.9 Å². The lowest BCUT2D eigenvalue weighted by Gasteiger charge is -2.17. The van der Waals surface area contributed by atoms with Crippen molar-refractivity contribution >= 4 is 34.1 Å². The lowest BCUT2D eigenvalue weighted by molar-refractivity contribution is -0.147. The predicted molar refractivity (Wildman–Crippen MR) is 132 cm³/mol. The van der Waals surface area contributed by atoms with Gasteiger partial charge in [-0.15, -0.1) is 0 Å². The van der Waals surface area contributed by atoms with Crippen LogP contribution in [-0.4, -0.2) is 30.8 Å². The number of carbonyl (C=O) groups is 3. The van der Waals surface area contributed by atoms with Gasteiger partial charge in [-0.3, -0.25) is 14.4 Å². The quantitative estimate of drug-likeness (QED) is 0.297. The lowest BCUT2D eigenvalue weighted by Crippen LogP contribution is -2.27. The summed E-state index contributed by atoms with van der Waals surface area (Å²) in [5, 5.41) is 2.12. The molecule has 4 aromatic carbocycles. The summed E-state index contributed by atoms with van der Waals surface area (Å²) in [6.45, 7) is -0.0971. The van der Waals surface area contributed by atoms with Gasteiger partial charge in [-0.1, -0.05) is 84.9 Å². The number of carbonyl (C=O) groups excluding carboxylic acids is 3. The topological polar surface area (TPSA) is 63.7 Å². The van der Waals surface area contributed by atoms with E-state index in [1.807, 2.05) is 84.9 Å². The molecule has 5 nitrogen and oxygen atoms in total. The molecule has 1 fully saturated rings. The number of Topliss-reactive ketones (excluding diaryl/α,β-unsaturated/α-hetero) is 1. The zero-order chi connectivity index (χ0) is 23.5. The second-order valence-corrected chi connectivity index (χ2v) is 8.41. The maximum atomic E-state index is 12.6. The van der Waals surface area contributed by atoms with E-state index in [-0.39, 0.29) is 31.3 Å². The fraction of sp³-hybridized carbons (Fsp3) is 0.138. The van der Waals surface area contributed by atoms with E-state index in [9.17, 15) is 14.4 Å². The van der Waals surface area contributed by atoms with Crippen LogP contribution in [-0.2, 0) is 14.3 Å². The number of amides is 1. The van der Waals surface area contributed by atoms with Crippen molar-refractivity contribution < 1.29 is 19.1 Å². The molecule has 1 atom stereocenters. The van der Waals surface area contributed by atoms with Gasteiger partial charge in [0.05, 0.1) is 5.92 Å². The van der Waals surface area contributed by atoms with Crippen molar-refractivity contribution in [1.82, 2.24) is 0 Å². The van der Waals surface area contributed by atoms with Crippen LogP contribution in [0.25, 0.3) is 21.9 Å². The van der Waals surface area contributed by atoms with E-state index in [2.05, 4.69) is 0 Å². The van der Waals surface area contributed by atoms with E-state index >= 15 is 0 Å². The van der Waals surface area contributed by atoms with Gasteiger partial charge in [-0.25, -0.2) is 0 Å². The standard InChI is InChI=1S/C29H23NO4/c31-27(23-12-10-22(11-13-23)20-6-2-1-3-7-20)19-34-29(33)25-17-28(32)30(18-25)26-15-14-21-8-4-5-9-24(21)16-26/h1-16,25H,17-19H2/t25-/m0/s1. The van der Waals surface area contributed by atoms with Crippen molar-refractivity contribution in [2.45, 2.75) is 6.42 Å². The van der Waals surface area contributed by atoms with Crippen molar-refractivity contribution in [3.8, 4) is 11.1 Å². The molecule has 0 unspecified atom stereocenters. The van der Waals surface area contributed by atoms with Crippen molar-refractivity contribution in [2.75, 3.05) is 18.1 Å². The zero-order valence-electron chi connectivity index (χ0n) is 18.5. The van der Waals surface area contributed by atoms with Gasteiger partial charge < -0.3 is 9.64 Å². The minimum Gasteiger partial charge on any atom is -0.457 e. The summed E-state index contributed by atoms with van der Waals surface area (Å²) >= 11 is 0. The molecule has 0 saturated carbocycles. The van der Waals surface area contributed by atoms with Gasteiger partial charge in [0.2, 0.25) is 5.91 Å². The van der Waals surface area contributed by atoms with Gasteiger partial charge in [-0.2, -0.15) is 0 Å². The number of hydrogen-bond donors (Lipinski definition) is 0. The van der Waals surface area contributed by atoms with Gasteiger partial charge in [0.1, 0.15) is 0 Å². The van der Waals surface area contributed by atoms with Crippen LogP contribution >= 0.6 is 0 Å². The molecule has 34 heavy (non-hydrogen) atoms. The smallest absolute Gasteiger partial charge is 0.311 e. The molecule has 1 aliphatic heterocycles. The Hall–Kier alpha value is -4.25. The molecule has 1 aliphatic rings. The highest BCUT2D eigenvalue weighted by molar-refractivity contribution is 6.02. The number of esters is 1. The zero-order valence-corrected chi connectivity index (χ0v) is 18.5.